The zero-order chi connectivity index (χ0) is 10.8. The van der Waals surface area contributed by atoms with Gasteiger partial charge in [-0.2, -0.15) is 0 Å². The third-order valence-corrected chi connectivity index (χ3v) is 3.64. The molecule has 1 aromatic heterocycles. The topological polar surface area (TPSA) is 30.0 Å². The highest BCUT2D eigenvalue weighted by molar-refractivity contribution is 14.1. The van der Waals surface area contributed by atoms with E-state index in [-0.39, 0.29) is 5.82 Å². The fourth-order valence-corrected chi connectivity index (χ4v) is 2.90. The predicted molar refractivity (Wildman–Crippen MR) is 65.6 cm³/mol. The Morgan fingerprint density at radius 2 is 2.27 bits per heavy atom. The number of aldehydes is 1. The Labute approximate surface area is 103 Å². The zero-order valence-corrected chi connectivity index (χ0v) is 10.4. The van der Waals surface area contributed by atoms with Crippen LogP contribution in [0.3, 0.4) is 0 Å². The molecule has 0 spiro atoms. The van der Waals surface area contributed by atoms with Crippen molar-refractivity contribution in [3.05, 3.63) is 38.8 Å². The number of nitrogens with zero attached hydrogens (tertiary/aromatic N) is 1. The molecule has 0 saturated heterocycles. The van der Waals surface area contributed by atoms with E-state index in [4.69, 9.17) is 0 Å². The van der Waals surface area contributed by atoms with Gasteiger partial charge in [-0.3, -0.25) is 4.79 Å². The number of hydrogen-bond acceptors (Lipinski definition) is 3. The van der Waals surface area contributed by atoms with Gasteiger partial charge in [-0.05, 0) is 40.3 Å². The van der Waals surface area contributed by atoms with Gasteiger partial charge in [0.2, 0.25) is 0 Å². The summed E-state index contributed by atoms with van der Waals surface area (Å²) in [5, 5.41) is 0. The maximum Gasteiger partial charge on any atom is 0.169 e. The van der Waals surface area contributed by atoms with Crippen molar-refractivity contribution in [3.63, 3.8) is 0 Å². The molecule has 0 bridgehead atoms. The number of thiazole rings is 1. The molecule has 0 amide bonds. The molecule has 0 saturated carbocycles. The van der Waals surface area contributed by atoms with Crippen LogP contribution < -0.4 is 0 Å². The van der Waals surface area contributed by atoms with Crippen molar-refractivity contribution in [3.8, 4) is 10.4 Å². The summed E-state index contributed by atoms with van der Waals surface area (Å²) in [5.74, 6) is -0.312. The van der Waals surface area contributed by atoms with Gasteiger partial charge in [0.05, 0.1) is 4.88 Å². The molecule has 2 nitrogen and oxygen atoms in total. The molecule has 1 heterocycles. The second kappa shape index (κ2) is 4.36. The third-order valence-electron chi connectivity index (χ3n) is 1.83. The monoisotopic (exact) mass is 333 g/mol. The average Bonchev–Trinajstić information content (AvgIpc) is 2.59. The van der Waals surface area contributed by atoms with E-state index in [1.165, 1.54) is 23.5 Å². The van der Waals surface area contributed by atoms with Crippen molar-refractivity contribution >= 4 is 40.2 Å². The summed E-state index contributed by atoms with van der Waals surface area (Å²) >= 11 is 3.42. The van der Waals surface area contributed by atoms with E-state index < -0.39 is 0 Å². The first-order valence-corrected chi connectivity index (χ1v) is 5.97. The molecular weight excluding hydrogens is 328 g/mol. The molecule has 2 aromatic rings. The minimum atomic E-state index is -0.312. The fourth-order valence-electron chi connectivity index (χ4n) is 1.22. The normalized spacial score (nSPS) is 10.3. The first kappa shape index (κ1) is 10.7. The third kappa shape index (κ3) is 2.23. The van der Waals surface area contributed by atoms with Crippen LogP contribution in [0.25, 0.3) is 10.4 Å². The molecule has 15 heavy (non-hydrogen) atoms. The summed E-state index contributed by atoms with van der Waals surface area (Å²) in [5.41, 5.74) is 1.06. The lowest BCUT2D eigenvalue weighted by Crippen LogP contribution is -1.84. The van der Waals surface area contributed by atoms with Gasteiger partial charge in [-0.1, -0.05) is 12.1 Å². The number of hydrogen-bond donors (Lipinski definition) is 0. The lowest BCUT2D eigenvalue weighted by molar-refractivity contribution is 0.112. The van der Waals surface area contributed by atoms with E-state index in [9.17, 15) is 9.18 Å². The maximum absolute atomic E-state index is 13.0. The maximum atomic E-state index is 13.0. The number of aromatic nitrogens is 1. The van der Waals surface area contributed by atoms with Crippen LogP contribution in [0.1, 0.15) is 10.5 Å². The molecular formula is C10H5FINOS. The predicted octanol–water partition coefficient (Wildman–Crippen LogP) is 3.37. The molecule has 0 aliphatic carbocycles. The molecule has 0 aliphatic heterocycles. The molecule has 76 valence electrons. The van der Waals surface area contributed by atoms with Crippen molar-refractivity contribution < 1.29 is 9.18 Å². The summed E-state index contributed by atoms with van der Waals surface area (Å²) in [6.45, 7) is 0. The van der Waals surface area contributed by atoms with Crippen LogP contribution in [0, 0.1) is 8.83 Å². The Kier molecular flexibility index (Phi) is 3.11. The Bertz CT molecular complexity index is 512. The molecule has 0 unspecified atom stereocenters. The number of benzene rings is 1. The summed E-state index contributed by atoms with van der Waals surface area (Å²) < 4.78 is 13.8. The van der Waals surface area contributed by atoms with Gasteiger partial charge in [-0.25, -0.2) is 9.37 Å². The number of halogens is 2. The summed E-state index contributed by atoms with van der Waals surface area (Å²) in [6.07, 6.45) is 0.693. The highest BCUT2D eigenvalue weighted by Gasteiger charge is 2.11. The van der Waals surface area contributed by atoms with Gasteiger partial charge in [-0.15, -0.1) is 11.3 Å². The fraction of sp³-hybridized carbons (Fsp3) is 0. The standard InChI is InChI=1S/C10H5FINOS/c11-7-3-1-2-6(4-7)9-8(5-14)13-10(12)15-9/h1-5H. The Balaban J connectivity index is 2.57. The van der Waals surface area contributed by atoms with Crippen molar-refractivity contribution in [2.75, 3.05) is 0 Å². The molecule has 0 radical (unpaired) electrons. The molecule has 0 N–H and O–H groups in total. The van der Waals surface area contributed by atoms with Gasteiger partial charge in [0.15, 0.2) is 9.30 Å². The van der Waals surface area contributed by atoms with E-state index in [2.05, 4.69) is 4.98 Å². The first-order valence-electron chi connectivity index (χ1n) is 4.08. The van der Waals surface area contributed by atoms with Crippen LogP contribution in [0.5, 0.6) is 0 Å². The van der Waals surface area contributed by atoms with E-state index in [1.807, 2.05) is 22.6 Å². The molecule has 0 atom stereocenters. The smallest absolute Gasteiger partial charge is 0.169 e. The minimum Gasteiger partial charge on any atom is -0.296 e. The van der Waals surface area contributed by atoms with Gasteiger partial charge < -0.3 is 0 Å². The summed E-state index contributed by atoms with van der Waals surface area (Å²) in [4.78, 5) is 15.5. The van der Waals surface area contributed by atoms with E-state index >= 15 is 0 Å². The Morgan fingerprint density at radius 3 is 2.93 bits per heavy atom. The lowest BCUT2D eigenvalue weighted by atomic mass is 10.1. The van der Waals surface area contributed by atoms with Crippen LogP contribution in [-0.4, -0.2) is 11.3 Å². The molecule has 0 aliphatic rings. The average molecular weight is 333 g/mol. The van der Waals surface area contributed by atoms with Crippen molar-refractivity contribution in [2.45, 2.75) is 0 Å². The van der Waals surface area contributed by atoms with Crippen LogP contribution >= 0.6 is 33.9 Å². The highest BCUT2D eigenvalue weighted by Crippen LogP contribution is 2.30. The number of carbonyl (C=O) groups is 1. The quantitative estimate of drug-likeness (QED) is 0.623. The molecule has 0 fully saturated rings. The van der Waals surface area contributed by atoms with Crippen molar-refractivity contribution in [1.82, 2.24) is 4.98 Å². The van der Waals surface area contributed by atoms with E-state index in [0.717, 1.165) is 3.01 Å². The van der Waals surface area contributed by atoms with E-state index in [1.54, 1.807) is 12.1 Å². The van der Waals surface area contributed by atoms with Gasteiger partial charge in [0, 0.05) is 0 Å². The Morgan fingerprint density at radius 1 is 1.47 bits per heavy atom. The number of carbonyl (C=O) groups excluding carboxylic acids is 1. The van der Waals surface area contributed by atoms with Crippen molar-refractivity contribution in [2.24, 2.45) is 0 Å². The van der Waals surface area contributed by atoms with Crippen LogP contribution in [0.2, 0.25) is 0 Å². The largest absolute Gasteiger partial charge is 0.296 e. The van der Waals surface area contributed by atoms with Gasteiger partial charge in [0.25, 0.3) is 0 Å². The van der Waals surface area contributed by atoms with Crippen LogP contribution in [0.15, 0.2) is 24.3 Å². The van der Waals surface area contributed by atoms with Crippen LogP contribution in [0.4, 0.5) is 4.39 Å². The van der Waals surface area contributed by atoms with Crippen LogP contribution in [-0.2, 0) is 0 Å². The lowest BCUT2D eigenvalue weighted by Gasteiger charge is -1.97. The second-order valence-corrected chi connectivity index (χ2v) is 5.56. The van der Waals surface area contributed by atoms with Gasteiger partial charge in [0.1, 0.15) is 11.5 Å². The SMILES string of the molecule is O=Cc1nc(I)sc1-c1cccc(F)c1. The Hall–Kier alpha value is -0.820. The number of rotatable bonds is 2. The second-order valence-electron chi connectivity index (χ2n) is 2.81. The van der Waals surface area contributed by atoms with Crippen molar-refractivity contribution in [1.29, 1.82) is 0 Å². The summed E-state index contributed by atoms with van der Waals surface area (Å²) in [6, 6.07) is 6.15. The summed E-state index contributed by atoms with van der Waals surface area (Å²) in [7, 11) is 0. The molecule has 2 rings (SSSR count). The van der Waals surface area contributed by atoms with E-state index in [0.29, 0.717) is 22.4 Å². The molecule has 1 aromatic carbocycles. The zero-order valence-electron chi connectivity index (χ0n) is 7.41. The minimum absolute atomic E-state index is 0.312. The highest BCUT2D eigenvalue weighted by atomic mass is 127. The molecule has 5 heteroatoms. The first-order chi connectivity index (χ1) is 7.20. The van der Waals surface area contributed by atoms with Gasteiger partial charge >= 0.3 is 0 Å².